The van der Waals surface area contributed by atoms with Gasteiger partial charge in [-0.05, 0) is 42.8 Å². The zero-order valence-electron chi connectivity index (χ0n) is 17.6. The van der Waals surface area contributed by atoms with Gasteiger partial charge in [0.05, 0.1) is 11.0 Å². The predicted octanol–water partition coefficient (Wildman–Crippen LogP) is 7.80. The maximum absolute atomic E-state index is 5.97. The molecule has 0 spiro atoms. The third kappa shape index (κ3) is 6.78. The van der Waals surface area contributed by atoms with E-state index >= 15 is 0 Å². The molecule has 0 bridgehead atoms. The van der Waals surface area contributed by atoms with Crippen molar-refractivity contribution in [1.82, 2.24) is 9.55 Å². The van der Waals surface area contributed by atoms with Crippen LogP contribution >= 0.6 is 11.6 Å². The van der Waals surface area contributed by atoms with E-state index < -0.39 is 0 Å². The van der Waals surface area contributed by atoms with Gasteiger partial charge < -0.3 is 9.30 Å². The van der Waals surface area contributed by atoms with E-state index in [9.17, 15) is 0 Å². The maximum atomic E-state index is 5.97. The van der Waals surface area contributed by atoms with Gasteiger partial charge in [0.2, 0.25) is 0 Å². The minimum absolute atomic E-state index is 0.466. The van der Waals surface area contributed by atoms with Crippen LogP contribution in [0.1, 0.15) is 70.5 Å². The molecule has 0 aliphatic heterocycles. The lowest BCUT2D eigenvalue weighted by atomic mass is 10.1. The zero-order chi connectivity index (χ0) is 20.3. The number of fused-ring (bicyclic) bond motifs is 1. The number of rotatable bonds is 13. The predicted molar refractivity (Wildman–Crippen MR) is 123 cm³/mol. The van der Waals surface area contributed by atoms with Crippen LogP contribution < -0.4 is 4.74 Å². The highest BCUT2D eigenvalue weighted by molar-refractivity contribution is 6.30. The van der Waals surface area contributed by atoms with Crippen molar-refractivity contribution in [2.24, 2.45) is 0 Å². The summed E-state index contributed by atoms with van der Waals surface area (Å²) in [6, 6.07) is 15.9. The van der Waals surface area contributed by atoms with Crippen LogP contribution in [0.3, 0.4) is 0 Å². The highest BCUT2D eigenvalue weighted by atomic mass is 35.5. The van der Waals surface area contributed by atoms with Gasteiger partial charge >= 0.3 is 0 Å². The van der Waals surface area contributed by atoms with Gasteiger partial charge in [0.25, 0.3) is 0 Å². The molecule has 0 saturated heterocycles. The Morgan fingerprint density at radius 2 is 1.48 bits per heavy atom. The number of unbranched alkanes of at least 4 members (excludes halogenated alkanes) is 8. The highest BCUT2D eigenvalue weighted by Crippen LogP contribution is 2.21. The lowest BCUT2D eigenvalue weighted by molar-refractivity contribution is 0.289. The van der Waals surface area contributed by atoms with E-state index in [0.717, 1.165) is 28.7 Å². The van der Waals surface area contributed by atoms with E-state index in [0.29, 0.717) is 6.61 Å². The van der Waals surface area contributed by atoms with E-state index in [1.165, 1.54) is 63.3 Å². The van der Waals surface area contributed by atoms with Crippen molar-refractivity contribution in [3.63, 3.8) is 0 Å². The summed E-state index contributed by atoms with van der Waals surface area (Å²) in [6.45, 7) is 3.73. The number of nitrogens with zero attached hydrogens (tertiary/aromatic N) is 2. The molecule has 0 unspecified atom stereocenters. The van der Waals surface area contributed by atoms with Gasteiger partial charge in [0, 0.05) is 11.6 Å². The standard InChI is InChI=1S/C25H33ClN2O/c1-2-3-4-5-6-7-8-9-12-19-28-24-14-11-10-13-23(24)27-25(28)20-29-22-17-15-21(26)16-18-22/h10-11,13-18H,2-9,12,19-20H2,1H3. The molecule has 4 heteroatoms. The van der Waals surface area contributed by atoms with Crippen molar-refractivity contribution < 1.29 is 4.74 Å². The zero-order valence-corrected chi connectivity index (χ0v) is 18.3. The molecule has 0 aliphatic carbocycles. The summed E-state index contributed by atoms with van der Waals surface area (Å²) in [5.74, 6) is 1.80. The number of imidazole rings is 1. The fourth-order valence-electron chi connectivity index (χ4n) is 3.74. The number of halogens is 1. The van der Waals surface area contributed by atoms with Crippen LogP contribution in [0.25, 0.3) is 11.0 Å². The van der Waals surface area contributed by atoms with Crippen LogP contribution in [0.5, 0.6) is 5.75 Å². The second kappa shape index (κ2) is 11.9. The molecular weight excluding hydrogens is 380 g/mol. The third-order valence-corrected chi connectivity index (χ3v) is 5.65. The molecule has 2 aromatic carbocycles. The number of ether oxygens (including phenoxy) is 1. The summed E-state index contributed by atoms with van der Waals surface area (Å²) in [5, 5.41) is 0.718. The van der Waals surface area contributed by atoms with E-state index in [-0.39, 0.29) is 0 Å². The molecule has 3 rings (SSSR count). The van der Waals surface area contributed by atoms with E-state index in [4.69, 9.17) is 21.3 Å². The van der Waals surface area contributed by atoms with Crippen LogP contribution in [0.4, 0.5) is 0 Å². The molecule has 0 radical (unpaired) electrons. The molecule has 0 N–H and O–H groups in total. The highest BCUT2D eigenvalue weighted by Gasteiger charge is 2.11. The fourth-order valence-corrected chi connectivity index (χ4v) is 3.87. The number of benzene rings is 2. The minimum Gasteiger partial charge on any atom is -0.486 e. The Morgan fingerprint density at radius 1 is 0.828 bits per heavy atom. The number of aryl methyl sites for hydroxylation is 1. The summed E-state index contributed by atoms with van der Waals surface area (Å²) in [6.07, 6.45) is 12.0. The monoisotopic (exact) mass is 412 g/mol. The van der Waals surface area contributed by atoms with Gasteiger partial charge in [-0.2, -0.15) is 0 Å². The van der Waals surface area contributed by atoms with Crippen molar-refractivity contribution in [3.8, 4) is 5.75 Å². The molecule has 0 fully saturated rings. The van der Waals surface area contributed by atoms with Crippen molar-refractivity contribution in [2.45, 2.75) is 77.9 Å². The summed E-state index contributed by atoms with van der Waals surface area (Å²) in [4.78, 5) is 4.81. The Bertz CT molecular complexity index is 857. The molecule has 156 valence electrons. The van der Waals surface area contributed by atoms with Crippen LogP contribution in [-0.4, -0.2) is 9.55 Å². The van der Waals surface area contributed by atoms with E-state index in [1.54, 1.807) is 0 Å². The van der Waals surface area contributed by atoms with Crippen molar-refractivity contribution in [1.29, 1.82) is 0 Å². The second-order valence-corrected chi connectivity index (χ2v) is 8.18. The first-order valence-electron chi connectivity index (χ1n) is 11.1. The van der Waals surface area contributed by atoms with E-state index in [1.807, 2.05) is 30.3 Å². The Balaban J connectivity index is 1.52. The molecule has 0 amide bonds. The van der Waals surface area contributed by atoms with E-state index in [2.05, 4.69) is 29.7 Å². The van der Waals surface area contributed by atoms with Crippen molar-refractivity contribution in [2.75, 3.05) is 0 Å². The molecular formula is C25H33ClN2O. The summed E-state index contributed by atoms with van der Waals surface area (Å²) < 4.78 is 8.29. The van der Waals surface area contributed by atoms with Crippen LogP contribution in [0.15, 0.2) is 48.5 Å². The molecule has 1 heterocycles. The van der Waals surface area contributed by atoms with Crippen LogP contribution in [-0.2, 0) is 13.2 Å². The van der Waals surface area contributed by atoms with Gasteiger partial charge in [-0.15, -0.1) is 0 Å². The lowest BCUT2D eigenvalue weighted by Gasteiger charge is -2.11. The lowest BCUT2D eigenvalue weighted by Crippen LogP contribution is -2.07. The Labute approximate surface area is 180 Å². The largest absolute Gasteiger partial charge is 0.486 e. The second-order valence-electron chi connectivity index (χ2n) is 7.74. The normalized spacial score (nSPS) is 11.2. The molecule has 3 aromatic rings. The number of para-hydroxylation sites is 2. The average Bonchev–Trinajstić information content (AvgIpc) is 3.10. The number of hydrogen-bond acceptors (Lipinski definition) is 2. The first-order chi connectivity index (χ1) is 14.3. The van der Waals surface area contributed by atoms with Crippen molar-refractivity contribution >= 4 is 22.6 Å². The SMILES string of the molecule is CCCCCCCCCCCn1c(COc2ccc(Cl)cc2)nc2ccccc21. The number of hydrogen-bond donors (Lipinski definition) is 0. The topological polar surface area (TPSA) is 27.1 Å². The molecule has 0 saturated carbocycles. The fraction of sp³-hybridized carbons (Fsp3) is 0.480. The minimum atomic E-state index is 0.466. The van der Waals surface area contributed by atoms with Gasteiger partial charge in [-0.3, -0.25) is 0 Å². The average molecular weight is 413 g/mol. The van der Waals surface area contributed by atoms with Gasteiger partial charge in [-0.25, -0.2) is 4.98 Å². The Hall–Kier alpha value is -2.00. The molecule has 1 aromatic heterocycles. The summed E-state index contributed by atoms with van der Waals surface area (Å²) in [7, 11) is 0. The van der Waals surface area contributed by atoms with Gasteiger partial charge in [-0.1, -0.05) is 82.0 Å². The van der Waals surface area contributed by atoms with Crippen LogP contribution in [0.2, 0.25) is 5.02 Å². The smallest absolute Gasteiger partial charge is 0.147 e. The summed E-state index contributed by atoms with van der Waals surface area (Å²) in [5.41, 5.74) is 2.24. The van der Waals surface area contributed by atoms with Crippen molar-refractivity contribution in [3.05, 3.63) is 59.4 Å². The Kier molecular flexibility index (Phi) is 8.88. The summed E-state index contributed by atoms with van der Waals surface area (Å²) >= 11 is 5.96. The van der Waals surface area contributed by atoms with Gasteiger partial charge in [0.1, 0.15) is 18.2 Å². The maximum Gasteiger partial charge on any atom is 0.147 e. The first-order valence-corrected chi connectivity index (χ1v) is 11.5. The van der Waals surface area contributed by atoms with Crippen LogP contribution in [0, 0.1) is 0 Å². The molecule has 0 atom stereocenters. The number of aromatic nitrogens is 2. The third-order valence-electron chi connectivity index (χ3n) is 5.40. The molecule has 0 aliphatic rings. The molecule has 29 heavy (non-hydrogen) atoms. The quantitative estimate of drug-likeness (QED) is 0.268. The Morgan fingerprint density at radius 3 is 2.21 bits per heavy atom. The van der Waals surface area contributed by atoms with Gasteiger partial charge in [0.15, 0.2) is 0 Å². The first kappa shape index (κ1) is 21.7. The molecule has 3 nitrogen and oxygen atoms in total.